The molecule has 5 nitrogen and oxygen atoms in total. The van der Waals surface area contributed by atoms with E-state index in [9.17, 15) is 14.4 Å². The third-order valence-electron chi connectivity index (χ3n) is 5.44. The average molecular weight is 362 g/mol. The van der Waals surface area contributed by atoms with Gasteiger partial charge in [0.25, 0.3) is 11.8 Å². The van der Waals surface area contributed by atoms with Gasteiger partial charge in [-0.05, 0) is 49.9 Å². The molecule has 0 radical (unpaired) electrons. The van der Waals surface area contributed by atoms with Crippen molar-refractivity contribution in [1.29, 1.82) is 0 Å². The summed E-state index contributed by atoms with van der Waals surface area (Å²) in [6.45, 7) is 2.33. The molecule has 2 aromatic rings. The van der Waals surface area contributed by atoms with Crippen molar-refractivity contribution in [3.63, 3.8) is 0 Å². The third kappa shape index (κ3) is 3.03. The Bertz CT molecular complexity index is 886. The molecule has 0 aromatic heterocycles. The van der Waals surface area contributed by atoms with Gasteiger partial charge in [0.05, 0.1) is 11.1 Å². The Morgan fingerprint density at radius 2 is 1.63 bits per heavy atom. The van der Waals surface area contributed by atoms with Crippen molar-refractivity contribution in [2.75, 3.05) is 11.4 Å². The molecule has 0 bridgehead atoms. The van der Waals surface area contributed by atoms with E-state index in [-0.39, 0.29) is 30.3 Å². The van der Waals surface area contributed by atoms with Crippen molar-refractivity contribution >= 4 is 23.4 Å². The van der Waals surface area contributed by atoms with Crippen LogP contribution in [0, 0.1) is 0 Å². The zero-order valence-corrected chi connectivity index (χ0v) is 15.4. The van der Waals surface area contributed by atoms with Gasteiger partial charge in [-0.15, -0.1) is 0 Å². The molecule has 0 saturated carbocycles. The first-order chi connectivity index (χ1) is 13.1. The number of hydrogen-bond donors (Lipinski definition) is 0. The predicted molar refractivity (Wildman–Crippen MR) is 103 cm³/mol. The molecule has 1 unspecified atom stereocenters. The first-order valence-corrected chi connectivity index (χ1v) is 9.43. The van der Waals surface area contributed by atoms with Gasteiger partial charge in [0.15, 0.2) is 0 Å². The van der Waals surface area contributed by atoms with E-state index in [1.165, 1.54) is 10.5 Å². The highest BCUT2D eigenvalue weighted by molar-refractivity contribution is 6.21. The van der Waals surface area contributed by atoms with Crippen LogP contribution < -0.4 is 4.90 Å². The maximum atomic E-state index is 12.9. The second kappa shape index (κ2) is 6.99. The molecule has 2 heterocycles. The van der Waals surface area contributed by atoms with Crippen LogP contribution in [0.4, 0.5) is 5.69 Å². The molecule has 2 aromatic carbocycles. The lowest BCUT2D eigenvalue weighted by Crippen LogP contribution is -2.42. The molecular weight excluding hydrogens is 340 g/mol. The van der Waals surface area contributed by atoms with Gasteiger partial charge < -0.3 is 4.90 Å². The van der Waals surface area contributed by atoms with Crippen molar-refractivity contribution in [2.24, 2.45) is 0 Å². The van der Waals surface area contributed by atoms with E-state index in [4.69, 9.17) is 0 Å². The van der Waals surface area contributed by atoms with Crippen LogP contribution in [0.2, 0.25) is 0 Å². The standard InChI is InChI=1S/C22H22N2O3/c1-15-12-13-16-7-2-5-10-19(16)24(15)20(25)11-6-14-23-21(26)17-8-3-4-9-18(17)22(23)27/h2-5,7-10,15H,6,11-14H2,1H3. The van der Waals surface area contributed by atoms with E-state index >= 15 is 0 Å². The molecule has 27 heavy (non-hydrogen) atoms. The number of rotatable bonds is 4. The molecule has 5 heteroatoms. The second-order valence-electron chi connectivity index (χ2n) is 7.19. The Balaban J connectivity index is 1.41. The van der Waals surface area contributed by atoms with Crippen molar-refractivity contribution in [2.45, 2.75) is 38.6 Å². The third-order valence-corrected chi connectivity index (χ3v) is 5.44. The summed E-state index contributed by atoms with van der Waals surface area (Å²) in [5.74, 6) is -0.481. The van der Waals surface area contributed by atoms with Gasteiger partial charge in [0.1, 0.15) is 0 Å². The van der Waals surface area contributed by atoms with Gasteiger partial charge in [-0.2, -0.15) is 0 Å². The van der Waals surface area contributed by atoms with Gasteiger partial charge >= 0.3 is 0 Å². The van der Waals surface area contributed by atoms with Crippen LogP contribution in [-0.2, 0) is 11.2 Å². The van der Waals surface area contributed by atoms with E-state index in [0.29, 0.717) is 24.0 Å². The van der Waals surface area contributed by atoms with Crippen molar-refractivity contribution in [3.05, 3.63) is 65.2 Å². The number of hydrogen-bond acceptors (Lipinski definition) is 3. The van der Waals surface area contributed by atoms with E-state index in [1.54, 1.807) is 24.3 Å². The molecule has 0 fully saturated rings. The summed E-state index contributed by atoms with van der Waals surface area (Å²) in [5.41, 5.74) is 3.09. The Morgan fingerprint density at radius 3 is 2.33 bits per heavy atom. The second-order valence-corrected chi connectivity index (χ2v) is 7.19. The van der Waals surface area contributed by atoms with Crippen LogP contribution in [0.15, 0.2) is 48.5 Å². The molecule has 2 aliphatic heterocycles. The smallest absolute Gasteiger partial charge is 0.261 e. The molecule has 0 aliphatic carbocycles. The summed E-state index contributed by atoms with van der Waals surface area (Å²) in [7, 11) is 0. The van der Waals surface area contributed by atoms with Crippen LogP contribution in [0.25, 0.3) is 0 Å². The van der Waals surface area contributed by atoms with Gasteiger partial charge in [-0.25, -0.2) is 0 Å². The highest BCUT2D eigenvalue weighted by Gasteiger charge is 2.35. The molecule has 3 amide bonds. The van der Waals surface area contributed by atoms with E-state index in [1.807, 2.05) is 23.1 Å². The Labute approximate surface area is 158 Å². The van der Waals surface area contributed by atoms with Gasteiger partial charge in [0.2, 0.25) is 5.91 Å². The fourth-order valence-electron chi connectivity index (χ4n) is 4.02. The van der Waals surface area contributed by atoms with E-state index in [0.717, 1.165) is 18.5 Å². The minimum absolute atomic E-state index is 0.0475. The molecular formula is C22H22N2O3. The van der Waals surface area contributed by atoms with E-state index in [2.05, 4.69) is 13.0 Å². The lowest BCUT2D eigenvalue weighted by molar-refractivity contribution is -0.119. The molecule has 138 valence electrons. The average Bonchev–Trinajstić information content (AvgIpc) is 2.93. The Morgan fingerprint density at radius 1 is 1.00 bits per heavy atom. The van der Waals surface area contributed by atoms with Crippen molar-refractivity contribution in [1.82, 2.24) is 4.90 Å². The molecule has 0 N–H and O–H groups in total. The highest BCUT2D eigenvalue weighted by atomic mass is 16.2. The fraction of sp³-hybridized carbons (Fsp3) is 0.318. The number of anilines is 1. The molecule has 2 aliphatic rings. The monoisotopic (exact) mass is 362 g/mol. The maximum Gasteiger partial charge on any atom is 0.261 e. The van der Waals surface area contributed by atoms with Crippen LogP contribution in [-0.4, -0.2) is 35.2 Å². The van der Waals surface area contributed by atoms with Gasteiger partial charge in [0, 0.05) is 24.7 Å². The summed E-state index contributed by atoms with van der Waals surface area (Å²) < 4.78 is 0. The lowest BCUT2D eigenvalue weighted by Gasteiger charge is -2.35. The number of aryl methyl sites for hydroxylation is 1. The number of fused-ring (bicyclic) bond motifs is 2. The molecule has 0 saturated heterocycles. The molecule has 4 rings (SSSR count). The lowest BCUT2D eigenvalue weighted by atomic mass is 9.96. The highest BCUT2D eigenvalue weighted by Crippen LogP contribution is 2.31. The molecule has 0 spiro atoms. The van der Waals surface area contributed by atoms with Crippen LogP contribution in [0.1, 0.15) is 52.5 Å². The van der Waals surface area contributed by atoms with E-state index < -0.39 is 0 Å². The number of imide groups is 1. The van der Waals surface area contributed by atoms with Gasteiger partial charge in [-0.3, -0.25) is 19.3 Å². The number of benzene rings is 2. The number of carbonyl (C=O) groups is 3. The van der Waals surface area contributed by atoms with Gasteiger partial charge in [-0.1, -0.05) is 30.3 Å². The quantitative estimate of drug-likeness (QED) is 0.783. The number of nitrogens with zero attached hydrogens (tertiary/aromatic N) is 2. The van der Waals surface area contributed by atoms with Crippen LogP contribution in [0.5, 0.6) is 0 Å². The summed E-state index contributed by atoms with van der Waals surface area (Å²) in [6, 6.07) is 15.0. The van der Waals surface area contributed by atoms with Crippen LogP contribution >= 0.6 is 0 Å². The number of para-hydroxylation sites is 1. The SMILES string of the molecule is CC1CCc2ccccc2N1C(=O)CCCN1C(=O)c2ccccc2C1=O. The minimum atomic E-state index is -0.264. The summed E-state index contributed by atoms with van der Waals surface area (Å²) >= 11 is 0. The van der Waals surface area contributed by atoms with Crippen LogP contribution in [0.3, 0.4) is 0 Å². The Hall–Kier alpha value is -2.95. The predicted octanol–water partition coefficient (Wildman–Crippen LogP) is 3.43. The minimum Gasteiger partial charge on any atom is -0.309 e. The number of carbonyl (C=O) groups excluding carboxylic acids is 3. The summed E-state index contributed by atoms with van der Waals surface area (Å²) in [5, 5.41) is 0. The van der Waals surface area contributed by atoms with Crippen molar-refractivity contribution < 1.29 is 14.4 Å². The largest absolute Gasteiger partial charge is 0.309 e. The topological polar surface area (TPSA) is 57.7 Å². The zero-order valence-electron chi connectivity index (χ0n) is 15.4. The number of amides is 3. The van der Waals surface area contributed by atoms with Crippen molar-refractivity contribution in [3.8, 4) is 0 Å². The summed E-state index contributed by atoms with van der Waals surface area (Å²) in [6.07, 6.45) is 2.71. The first-order valence-electron chi connectivity index (χ1n) is 9.43. The molecule has 1 atom stereocenters. The Kier molecular flexibility index (Phi) is 4.52. The fourth-order valence-corrected chi connectivity index (χ4v) is 4.02. The summed E-state index contributed by atoms with van der Waals surface area (Å²) in [4.78, 5) is 40.8. The maximum absolute atomic E-state index is 12.9. The first kappa shape index (κ1) is 17.5. The normalized spacial score (nSPS) is 18.5. The zero-order chi connectivity index (χ0) is 19.0.